The quantitative estimate of drug-likeness (QED) is 0.156. The Morgan fingerprint density at radius 2 is 1.29 bits per heavy atom. The van der Waals surface area contributed by atoms with Crippen molar-refractivity contribution in [2.75, 3.05) is 16.5 Å². The fourth-order valence-electron chi connectivity index (χ4n) is 7.58. The minimum absolute atomic E-state index is 0.356. The summed E-state index contributed by atoms with van der Waals surface area (Å²) in [6.07, 6.45) is 10.1. The van der Waals surface area contributed by atoms with E-state index in [0.29, 0.717) is 24.1 Å². The molecule has 1 aliphatic carbocycles. The first kappa shape index (κ1) is 33.3. The molecule has 5 aromatic carbocycles. The molecule has 2 atom stereocenters. The minimum atomic E-state index is -0.475. The Hall–Kier alpha value is -7.32. The van der Waals surface area contributed by atoms with Gasteiger partial charge in [0.1, 0.15) is 23.5 Å². The number of aryl methyl sites for hydroxylation is 1. The van der Waals surface area contributed by atoms with Gasteiger partial charge in [-0.25, -0.2) is 19.9 Å². The van der Waals surface area contributed by atoms with Gasteiger partial charge in [0, 0.05) is 57.8 Å². The Labute approximate surface area is 324 Å². The Morgan fingerprint density at radius 1 is 0.607 bits per heavy atom. The van der Waals surface area contributed by atoms with Gasteiger partial charge in [0.05, 0.1) is 23.5 Å². The Morgan fingerprint density at radius 3 is 2.00 bits per heavy atom. The lowest BCUT2D eigenvalue weighted by molar-refractivity contribution is 0.247. The fourth-order valence-corrected chi connectivity index (χ4v) is 7.58. The van der Waals surface area contributed by atoms with Crippen molar-refractivity contribution in [1.82, 2.24) is 24.5 Å². The van der Waals surface area contributed by atoms with Crippen LogP contribution in [-0.2, 0) is 0 Å². The van der Waals surface area contributed by atoms with Gasteiger partial charge < -0.3 is 14.5 Å². The van der Waals surface area contributed by atoms with Crippen LogP contribution < -0.4 is 25.1 Å². The Balaban J connectivity index is 1.11. The van der Waals surface area contributed by atoms with Crippen LogP contribution in [0.1, 0.15) is 17.3 Å². The third-order valence-electron chi connectivity index (χ3n) is 10.4. The normalized spacial score (nSPS) is 16.0. The van der Waals surface area contributed by atoms with Gasteiger partial charge >= 0.3 is 0 Å². The monoisotopic (exact) mass is 727 g/mol. The third kappa shape index (κ3) is 6.27. The summed E-state index contributed by atoms with van der Waals surface area (Å²) in [6, 6.07) is 51.6. The van der Waals surface area contributed by atoms with E-state index in [-0.39, 0.29) is 5.92 Å². The van der Waals surface area contributed by atoms with Gasteiger partial charge in [0.25, 0.3) is 0 Å². The molecule has 56 heavy (non-hydrogen) atoms. The highest BCUT2D eigenvalue weighted by Gasteiger charge is 2.30. The maximum Gasteiger partial charge on any atom is 0.163 e. The van der Waals surface area contributed by atoms with Crippen molar-refractivity contribution in [1.29, 1.82) is 0 Å². The minimum Gasteiger partial charge on any atom is -0.485 e. The lowest BCUT2D eigenvalue weighted by Gasteiger charge is -2.26. The molecule has 8 nitrogen and oxygen atoms in total. The summed E-state index contributed by atoms with van der Waals surface area (Å²) in [7, 11) is 0. The molecular weight excluding hydrogens is 691 g/mol. The molecule has 3 aromatic heterocycles. The van der Waals surface area contributed by atoms with Crippen LogP contribution in [0.2, 0.25) is 0 Å². The van der Waals surface area contributed by atoms with Gasteiger partial charge in [0.2, 0.25) is 0 Å². The summed E-state index contributed by atoms with van der Waals surface area (Å²) in [5.41, 5.74) is 6.33. The predicted octanol–water partition coefficient (Wildman–Crippen LogP) is 8.41. The van der Waals surface area contributed by atoms with Gasteiger partial charge in [-0.2, -0.15) is 0 Å². The molecule has 4 heterocycles. The van der Waals surface area contributed by atoms with Gasteiger partial charge in [-0.05, 0) is 55.5 Å². The van der Waals surface area contributed by atoms with Crippen LogP contribution in [0, 0.1) is 6.92 Å². The smallest absolute Gasteiger partial charge is 0.163 e. The molecule has 0 saturated heterocycles. The molecule has 8 heteroatoms. The van der Waals surface area contributed by atoms with Crippen LogP contribution in [-0.4, -0.2) is 37.3 Å². The number of pyridine rings is 1. The summed E-state index contributed by atoms with van der Waals surface area (Å²) in [4.78, 5) is 24.6. The largest absolute Gasteiger partial charge is 0.485 e. The van der Waals surface area contributed by atoms with E-state index >= 15 is 0 Å². The summed E-state index contributed by atoms with van der Waals surface area (Å²) in [5.74, 6) is 3.09. The highest BCUT2D eigenvalue weighted by Crippen LogP contribution is 2.33. The number of aromatic nitrogens is 5. The van der Waals surface area contributed by atoms with E-state index < -0.39 is 6.10 Å². The first-order valence-corrected chi connectivity index (χ1v) is 18.8. The lowest BCUT2D eigenvalue weighted by Crippen LogP contribution is -2.39. The molecule has 0 amide bonds. The van der Waals surface area contributed by atoms with E-state index in [2.05, 4.69) is 113 Å². The second kappa shape index (κ2) is 14.2. The second-order valence-electron chi connectivity index (χ2n) is 14.1. The predicted molar refractivity (Wildman–Crippen MR) is 224 cm³/mol. The molecule has 270 valence electrons. The van der Waals surface area contributed by atoms with Crippen LogP contribution >= 0.6 is 0 Å². The van der Waals surface area contributed by atoms with Gasteiger partial charge in [-0.1, -0.05) is 115 Å². The van der Waals surface area contributed by atoms with Crippen molar-refractivity contribution in [2.24, 2.45) is 0 Å². The zero-order chi connectivity index (χ0) is 37.4. The van der Waals surface area contributed by atoms with Crippen molar-refractivity contribution in [3.63, 3.8) is 0 Å². The molecule has 0 radical (unpaired) electrons. The summed E-state index contributed by atoms with van der Waals surface area (Å²) in [5, 5.41) is 3.22. The number of nitrogens with zero attached hydrogens (tertiary/aromatic N) is 7. The molecule has 0 fully saturated rings. The van der Waals surface area contributed by atoms with Crippen LogP contribution in [0.5, 0.6) is 5.75 Å². The number of fused-ring (bicyclic) bond motifs is 3. The maximum absolute atomic E-state index is 7.10. The van der Waals surface area contributed by atoms with Crippen molar-refractivity contribution in [2.45, 2.75) is 18.9 Å². The molecule has 2 aliphatic rings. The maximum atomic E-state index is 7.10. The highest BCUT2D eigenvalue weighted by molar-refractivity contribution is 5.85. The fraction of sp³-hybridized carbons (Fsp3) is 0.0833. The van der Waals surface area contributed by atoms with Crippen LogP contribution in [0.4, 0.5) is 11.4 Å². The number of hydrogen-bond donors (Lipinski definition) is 0. The van der Waals surface area contributed by atoms with Gasteiger partial charge in [-0.15, -0.1) is 0 Å². The summed E-state index contributed by atoms with van der Waals surface area (Å²) >= 11 is 0. The van der Waals surface area contributed by atoms with E-state index in [1.807, 2.05) is 91.1 Å². The number of anilines is 2. The first-order valence-electron chi connectivity index (χ1n) is 18.8. The molecule has 0 bridgehead atoms. The van der Waals surface area contributed by atoms with Crippen molar-refractivity contribution >= 4 is 34.4 Å². The zero-order valence-electron chi connectivity index (χ0n) is 30.7. The highest BCUT2D eigenvalue weighted by atomic mass is 16.5. The lowest BCUT2D eigenvalue weighted by atomic mass is 9.94. The molecule has 1 aliphatic heterocycles. The van der Waals surface area contributed by atoms with Crippen LogP contribution in [0.25, 0.3) is 51.6 Å². The van der Waals surface area contributed by atoms with E-state index in [9.17, 15) is 0 Å². The number of ether oxygens (including phenoxy) is 1. The average Bonchev–Trinajstić information content (AvgIpc) is 3.88. The number of benzene rings is 5. The van der Waals surface area contributed by atoms with Crippen molar-refractivity contribution in [3.8, 4) is 34.3 Å². The zero-order valence-corrected chi connectivity index (χ0v) is 30.7. The standard InChI is InChI=1S/C48H37N7O/c1-33-22-24-36(25-23-33)53-27-28-54(32-53)37-17-12-18-38(29-37)56-44-31-43-40(39-19-8-9-20-42(39)55(43)45-21-10-11-26-49-45)30-41(44)48-51-46(34-13-4-2-5-14-34)50-47(52-48)35-15-6-3-7-16-35/h2-31,41,44H,32H2,1H3. The van der Waals surface area contributed by atoms with E-state index in [1.54, 1.807) is 0 Å². The number of rotatable bonds is 8. The topological polar surface area (TPSA) is 72.2 Å². The van der Waals surface area contributed by atoms with E-state index in [4.69, 9.17) is 24.7 Å². The molecule has 0 spiro atoms. The molecule has 2 unspecified atom stereocenters. The third-order valence-corrected chi connectivity index (χ3v) is 10.4. The van der Waals surface area contributed by atoms with Crippen molar-refractivity contribution in [3.05, 3.63) is 192 Å². The molecule has 0 N–H and O–H groups in total. The first-order chi connectivity index (χ1) is 27.6. The summed E-state index contributed by atoms with van der Waals surface area (Å²) in [6.45, 7) is 2.80. The Kier molecular flexibility index (Phi) is 8.41. The molecule has 0 saturated carbocycles. The van der Waals surface area contributed by atoms with Gasteiger partial charge in [0.15, 0.2) is 11.6 Å². The summed E-state index contributed by atoms with van der Waals surface area (Å²) < 4.78 is 9.32. The number of hydrogen-bond acceptors (Lipinski definition) is 7. The van der Waals surface area contributed by atoms with Crippen LogP contribution in [0.15, 0.2) is 170 Å². The molecule has 8 aromatic rings. The molecular formula is C48H37N7O. The molecule has 10 rings (SSSR count). The van der Waals surface area contributed by atoms with Crippen molar-refractivity contribution < 1.29 is 4.74 Å². The van der Waals surface area contributed by atoms with E-state index in [0.717, 1.165) is 55.5 Å². The van der Waals surface area contributed by atoms with Crippen LogP contribution in [0.3, 0.4) is 0 Å². The average molecular weight is 728 g/mol. The van der Waals surface area contributed by atoms with Gasteiger partial charge in [-0.3, -0.25) is 4.57 Å². The number of para-hydroxylation sites is 1. The second-order valence-corrected chi connectivity index (χ2v) is 14.1. The Bertz CT molecular complexity index is 2780. The van der Waals surface area contributed by atoms with E-state index in [1.165, 1.54) is 5.56 Å². The SMILES string of the molecule is Cc1ccc(N2C=CN(c3cccc(OC4C=c5c(c6ccccc6n5-c5ccccn5)=CC4c4nc(-c5ccccc5)nc(-c5ccccc5)n4)c3)C2)cc1.